The Kier molecular flexibility index (Phi) is 2.38. The van der Waals surface area contributed by atoms with Crippen molar-refractivity contribution in [3.05, 3.63) is 29.2 Å². The zero-order valence-corrected chi connectivity index (χ0v) is 9.43. The topological polar surface area (TPSA) is 67.5 Å². The molecule has 2 heterocycles. The van der Waals surface area contributed by atoms with E-state index >= 15 is 0 Å². The molecule has 0 aliphatic rings. The van der Waals surface area contributed by atoms with E-state index in [0.29, 0.717) is 5.65 Å². The van der Waals surface area contributed by atoms with Crippen LogP contribution in [-0.4, -0.2) is 25.7 Å². The van der Waals surface area contributed by atoms with Crippen LogP contribution in [0.25, 0.3) is 5.65 Å². The number of nitrogens with zero attached hydrogens (tertiary/aromatic N) is 3. The second-order valence-electron chi connectivity index (χ2n) is 4.07. The Morgan fingerprint density at radius 3 is 2.69 bits per heavy atom. The molecule has 84 valence electrons. The molecule has 0 amide bonds. The highest BCUT2D eigenvalue weighted by Gasteiger charge is 2.15. The molecule has 2 rings (SSSR count). The lowest BCUT2D eigenvalue weighted by Gasteiger charge is -2.10. The van der Waals surface area contributed by atoms with Crippen LogP contribution in [-0.2, 0) is 0 Å². The monoisotopic (exact) mass is 219 g/mol. The van der Waals surface area contributed by atoms with Gasteiger partial charge in [-0.1, -0.05) is 19.9 Å². The summed E-state index contributed by atoms with van der Waals surface area (Å²) >= 11 is 0. The summed E-state index contributed by atoms with van der Waals surface area (Å²) < 4.78 is 1.61. The van der Waals surface area contributed by atoms with E-state index in [4.69, 9.17) is 5.11 Å². The zero-order chi connectivity index (χ0) is 11.9. The number of pyridine rings is 1. The van der Waals surface area contributed by atoms with Crippen molar-refractivity contribution in [2.24, 2.45) is 0 Å². The molecule has 16 heavy (non-hydrogen) atoms. The van der Waals surface area contributed by atoms with Gasteiger partial charge in [0.15, 0.2) is 5.65 Å². The Hall–Kier alpha value is -1.91. The number of aromatic carboxylic acids is 1. The van der Waals surface area contributed by atoms with Crippen LogP contribution in [0.1, 0.15) is 41.6 Å². The van der Waals surface area contributed by atoms with E-state index in [1.54, 1.807) is 10.6 Å². The van der Waals surface area contributed by atoms with Crippen LogP contribution in [0.4, 0.5) is 0 Å². The Labute approximate surface area is 92.7 Å². The lowest BCUT2D eigenvalue weighted by molar-refractivity contribution is 0.0684. The van der Waals surface area contributed by atoms with Crippen molar-refractivity contribution in [3.8, 4) is 0 Å². The number of carbonyl (C=O) groups is 1. The maximum Gasteiger partial charge on any atom is 0.375 e. The van der Waals surface area contributed by atoms with Crippen molar-refractivity contribution in [1.82, 2.24) is 14.6 Å². The van der Waals surface area contributed by atoms with Crippen molar-refractivity contribution < 1.29 is 9.90 Å². The van der Waals surface area contributed by atoms with Crippen LogP contribution in [0.2, 0.25) is 0 Å². The fourth-order valence-corrected chi connectivity index (χ4v) is 1.85. The Bertz CT molecular complexity index is 558. The van der Waals surface area contributed by atoms with Gasteiger partial charge < -0.3 is 5.11 Å². The molecular weight excluding hydrogens is 206 g/mol. The smallest absolute Gasteiger partial charge is 0.375 e. The third-order valence-corrected chi connectivity index (χ3v) is 2.48. The van der Waals surface area contributed by atoms with Crippen molar-refractivity contribution in [1.29, 1.82) is 0 Å². The third kappa shape index (κ3) is 1.54. The highest BCUT2D eigenvalue weighted by atomic mass is 16.4. The second kappa shape index (κ2) is 3.59. The number of hydrogen-bond acceptors (Lipinski definition) is 3. The summed E-state index contributed by atoms with van der Waals surface area (Å²) in [7, 11) is 0. The summed E-state index contributed by atoms with van der Waals surface area (Å²) in [6.45, 7) is 6.07. The molecule has 0 unspecified atom stereocenters. The predicted molar refractivity (Wildman–Crippen MR) is 58.8 cm³/mol. The zero-order valence-electron chi connectivity index (χ0n) is 9.43. The van der Waals surface area contributed by atoms with Gasteiger partial charge in [-0.3, -0.25) is 0 Å². The first kappa shape index (κ1) is 10.6. The number of aryl methyl sites for hydroxylation is 1. The maximum absolute atomic E-state index is 10.8. The van der Waals surface area contributed by atoms with E-state index in [-0.39, 0.29) is 11.7 Å². The number of aromatic nitrogens is 3. The largest absolute Gasteiger partial charge is 0.475 e. The standard InChI is InChI=1S/C11H13N3O2/c1-6(2)9-7(3)4-5-8-12-10(11(15)16)13-14(8)9/h4-6H,1-3H3,(H,15,16). The summed E-state index contributed by atoms with van der Waals surface area (Å²) in [5.41, 5.74) is 2.66. The summed E-state index contributed by atoms with van der Waals surface area (Å²) in [4.78, 5) is 14.7. The molecule has 5 heteroatoms. The molecule has 0 spiro atoms. The Morgan fingerprint density at radius 2 is 2.12 bits per heavy atom. The summed E-state index contributed by atoms with van der Waals surface area (Å²) in [6, 6.07) is 3.71. The molecule has 0 radical (unpaired) electrons. The van der Waals surface area contributed by atoms with Crippen molar-refractivity contribution in [2.45, 2.75) is 26.7 Å². The van der Waals surface area contributed by atoms with Crippen LogP contribution in [0, 0.1) is 6.92 Å². The number of hydrogen-bond donors (Lipinski definition) is 1. The molecule has 5 nitrogen and oxygen atoms in total. The molecule has 0 bridgehead atoms. The molecule has 0 aliphatic carbocycles. The first-order valence-electron chi connectivity index (χ1n) is 5.10. The second-order valence-corrected chi connectivity index (χ2v) is 4.07. The average Bonchev–Trinajstić information content (AvgIpc) is 2.60. The van der Waals surface area contributed by atoms with Gasteiger partial charge in [0.1, 0.15) is 0 Å². The van der Waals surface area contributed by atoms with E-state index in [2.05, 4.69) is 10.1 Å². The normalized spacial score (nSPS) is 11.2. The average molecular weight is 219 g/mol. The number of carboxylic acids is 1. The molecule has 0 fully saturated rings. The molecule has 0 aromatic carbocycles. The van der Waals surface area contributed by atoms with E-state index in [1.807, 2.05) is 26.8 Å². The quantitative estimate of drug-likeness (QED) is 0.837. The van der Waals surface area contributed by atoms with E-state index < -0.39 is 5.97 Å². The fourth-order valence-electron chi connectivity index (χ4n) is 1.85. The summed E-state index contributed by atoms with van der Waals surface area (Å²) in [5, 5.41) is 12.8. The van der Waals surface area contributed by atoms with Crippen LogP contribution in [0.15, 0.2) is 12.1 Å². The van der Waals surface area contributed by atoms with Crippen LogP contribution in [0.5, 0.6) is 0 Å². The molecule has 2 aromatic heterocycles. The van der Waals surface area contributed by atoms with Crippen LogP contribution >= 0.6 is 0 Å². The van der Waals surface area contributed by atoms with Gasteiger partial charge in [0, 0.05) is 5.69 Å². The Morgan fingerprint density at radius 1 is 1.44 bits per heavy atom. The van der Waals surface area contributed by atoms with Gasteiger partial charge in [-0.05, 0) is 24.5 Å². The lowest BCUT2D eigenvalue weighted by Crippen LogP contribution is -2.05. The van der Waals surface area contributed by atoms with Crippen LogP contribution < -0.4 is 0 Å². The maximum atomic E-state index is 10.8. The van der Waals surface area contributed by atoms with E-state index in [1.165, 1.54) is 0 Å². The Balaban J connectivity index is 2.76. The van der Waals surface area contributed by atoms with Crippen molar-refractivity contribution in [3.63, 3.8) is 0 Å². The van der Waals surface area contributed by atoms with Crippen LogP contribution in [0.3, 0.4) is 0 Å². The highest BCUT2D eigenvalue weighted by molar-refractivity contribution is 5.83. The molecule has 0 aliphatic heterocycles. The summed E-state index contributed by atoms with van der Waals surface area (Å²) in [6.07, 6.45) is 0. The van der Waals surface area contributed by atoms with Crippen molar-refractivity contribution >= 4 is 11.6 Å². The minimum atomic E-state index is -1.10. The molecule has 0 saturated heterocycles. The fraction of sp³-hybridized carbons (Fsp3) is 0.364. The van der Waals surface area contributed by atoms with Gasteiger partial charge in [0.25, 0.3) is 5.82 Å². The molecule has 0 saturated carbocycles. The highest BCUT2D eigenvalue weighted by Crippen LogP contribution is 2.19. The SMILES string of the molecule is Cc1ccc2nc(C(=O)O)nn2c1C(C)C. The van der Waals surface area contributed by atoms with E-state index in [0.717, 1.165) is 11.3 Å². The lowest BCUT2D eigenvalue weighted by atomic mass is 10.1. The van der Waals surface area contributed by atoms with Gasteiger partial charge in [-0.2, -0.15) is 0 Å². The predicted octanol–water partition coefficient (Wildman–Crippen LogP) is 1.86. The molecule has 1 N–H and O–H groups in total. The van der Waals surface area contributed by atoms with Crippen molar-refractivity contribution in [2.75, 3.05) is 0 Å². The first-order chi connectivity index (χ1) is 7.50. The van der Waals surface area contributed by atoms with Gasteiger partial charge in [0.05, 0.1) is 0 Å². The van der Waals surface area contributed by atoms with Gasteiger partial charge in [0.2, 0.25) is 0 Å². The van der Waals surface area contributed by atoms with Gasteiger partial charge in [-0.15, -0.1) is 5.10 Å². The first-order valence-corrected chi connectivity index (χ1v) is 5.10. The number of carboxylic acid groups (broad SMARTS) is 1. The molecular formula is C11H13N3O2. The number of fused-ring (bicyclic) bond motifs is 1. The minimum Gasteiger partial charge on any atom is -0.475 e. The number of rotatable bonds is 2. The molecule has 0 atom stereocenters. The van der Waals surface area contributed by atoms with Gasteiger partial charge >= 0.3 is 5.97 Å². The third-order valence-electron chi connectivity index (χ3n) is 2.48. The summed E-state index contributed by atoms with van der Waals surface area (Å²) in [5.74, 6) is -0.990. The van der Waals surface area contributed by atoms with E-state index in [9.17, 15) is 4.79 Å². The van der Waals surface area contributed by atoms with Gasteiger partial charge in [-0.25, -0.2) is 14.3 Å². The minimum absolute atomic E-state index is 0.160. The molecule has 2 aromatic rings.